The topological polar surface area (TPSA) is 0 Å². The molecule has 0 rings (SSSR count). The van der Waals surface area contributed by atoms with Crippen molar-refractivity contribution in [3.63, 3.8) is 0 Å². The average Bonchev–Trinajstić information content (AvgIpc) is 1.82. The van der Waals surface area contributed by atoms with Crippen molar-refractivity contribution in [1.82, 2.24) is 0 Å². The summed E-state index contributed by atoms with van der Waals surface area (Å²) in [6.45, 7) is 20.7. The van der Waals surface area contributed by atoms with Gasteiger partial charge < -0.3 is 0 Å². The molecule has 0 saturated carbocycles. The van der Waals surface area contributed by atoms with Crippen LogP contribution in [0.1, 0.15) is 0 Å². The summed E-state index contributed by atoms with van der Waals surface area (Å²) in [6, 6.07) is 0. The van der Waals surface area contributed by atoms with Crippen molar-refractivity contribution in [2.75, 3.05) is 0 Å². The van der Waals surface area contributed by atoms with Gasteiger partial charge in [0.15, 0.2) is 0 Å². The van der Waals surface area contributed by atoms with E-state index in [1.54, 1.807) is 0 Å². The molecule has 0 amide bonds. The molecule has 0 aliphatic heterocycles. The van der Waals surface area contributed by atoms with Crippen molar-refractivity contribution >= 4 is 39.6 Å². The molecule has 0 heterocycles. The Balaban J connectivity index is 5.06. The third kappa shape index (κ3) is 2.62. The smallest absolute Gasteiger partial charge is 0.0797 e. The molecule has 0 bridgehead atoms. The van der Waals surface area contributed by atoms with E-state index in [-0.39, 0.29) is 39.6 Å². The first-order valence-electron chi connectivity index (χ1n) is 4.82. The molecule has 0 aliphatic carbocycles. The summed E-state index contributed by atoms with van der Waals surface area (Å²) in [5.41, 5.74) is 0. The highest BCUT2D eigenvalue weighted by atomic mass is 32.9. The first-order chi connectivity index (χ1) is 5.77. The van der Waals surface area contributed by atoms with Gasteiger partial charge in [-0.25, -0.2) is 0 Å². The Morgan fingerprint density at radius 3 is 0.615 bits per heavy atom. The van der Waals surface area contributed by atoms with Crippen LogP contribution in [0.2, 0.25) is 52.4 Å². The molecule has 13 heavy (non-hydrogen) atoms. The Bertz CT molecular complexity index is 119. The molecule has 0 aromatic heterocycles. The van der Waals surface area contributed by atoms with Crippen LogP contribution in [0, 0.1) is 0 Å². The third-order valence-electron chi connectivity index (χ3n) is 2.45. The minimum absolute atomic E-state index is 0.0116. The van der Waals surface area contributed by atoms with Gasteiger partial charge in [-0.3, -0.25) is 7.83 Å². The van der Waals surface area contributed by atoms with Gasteiger partial charge in [-0.1, -0.05) is 52.4 Å². The van der Waals surface area contributed by atoms with Crippen LogP contribution < -0.4 is 0 Å². The molecule has 0 aromatic carbocycles. The summed E-state index contributed by atoms with van der Waals surface area (Å²) in [5, 5.41) is 0. The summed E-state index contributed by atoms with van der Waals surface area (Å²) < 4.78 is 0. The lowest BCUT2D eigenvalue weighted by molar-refractivity contribution is 2.03. The Labute approximate surface area is 91.8 Å². The zero-order chi connectivity index (χ0) is 10.8. The zero-order valence-electron chi connectivity index (χ0n) is 10.4. The minimum Gasteiger partial charge on any atom is -0.296 e. The lowest BCUT2D eigenvalue weighted by Crippen LogP contribution is -2.43. The lowest BCUT2D eigenvalue weighted by Gasteiger charge is -2.52. The first-order valence-corrected chi connectivity index (χ1v) is 19.3. The van der Waals surface area contributed by atoms with E-state index >= 15 is 0 Å². The van der Waals surface area contributed by atoms with Gasteiger partial charge in [0.1, 0.15) is 0 Å². The van der Waals surface area contributed by atoms with Crippen LogP contribution in [0.3, 0.4) is 0 Å². The van der Waals surface area contributed by atoms with E-state index < -0.39 is 0 Å². The predicted octanol–water partition coefficient (Wildman–Crippen LogP) is 3.80. The van der Waals surface area contributed by atoms with Gasteiger partial charge in [0, 0.05) is 0 Å². The fraction of sp³-hybridized carbons (Fsp3) is 1.00. The Morgan fingerprint density at radius 2 is 0.615 bits per heavy atom. The Hall–Kier alpha value is 1.22. The molecule has 4 radical (unpaired) electrons. The Morgan fingerprint density at radius 1 is 0.462 bits per heavy atom. The first kappa shape index (κ1) is 14.2. The summed E-state index contributed by atoms with van der Waals surface area (Å²) >= 11 is 0. The fourth-order valence-corrected chi connectivity index (χ4v) is 66.1. The monoisotopic (exact) mass is 264 g/mol. The molecule has 0 spiro atoms. The molecule has 0 aromatic rings. The van der Waals surface area contributed by atoms with Crippen molar-refractivity contribution < 1.29 is 0 Å². The molecule has 78 valence electrons. The van der Waals surface area contributed by atoms with E-state index in [4.69, 9.17) is 0 Å². The second-order valence-electron chi connectivity index (χ2n) is 4.25. The van der Waals surface area contributed by atoms with Gasteiger partial charge in [0.05, 0.1) is 31.8 Å². The van der Waals surface area contributed by atoms with E-state index in [2.05, 4.69) is 52.4 Å². The normalized spacial score (nSPS) is 15.1. The van der Waals surface area contributed by atoms with E-state index in [0.717, 1.165) is 0 Å². The van der Waals surface area contributed by atoms with Gasteiger partial charge in [-0.05, 0) is 0 Å². The van der Waals surface area contributed by atoms with Crippen molar-refractivity contribution in [1.29, 1.82) is 0 Å². The van der Waals surface area contributed by atoms with E-state index in [9.17, 15) is 0 Å². The SMILES string of the molecule is C[Si](C)S([Si](C)C)([Si](C)C)[Si](C)C. The molecule has 0 unspecified atom stereocenters. The number of hydrogen-bond donors (Lipinski definition) is 0. The molecular formula is C8H24SSi4. The summed E-state index contributed by atoms with van der Waals surface area (Å²) in [7, 11) is -0.102. The van der Waals surface area contributed by atoms with Crippen molar-refractivity contribution in [3.8, 4) is 0 Å². The fourth-order valence-electron chi connectivity index (χ4n) is 2.45. The van der Waals surface area contributed by atoms with Crippen LogP contribution in [0.25, 0.3) is 0 Å². The maximum absolute atomic E-state index is 2.59. The molecular weight excluding hydrogens is 240 g/mol. The summed E-state index contributed by atoms with van der Waals surface area (Å²) in [4.78, 5) is 0. The standard InChI is InChI=1S/C8H24SSi4/c1-10(2)9(11(3)4,12(5)6)13(7)8/h1-8H3. The highest BCUT2D eigenvalue weighted by Gasteiger charge is 2.39. The quantitative estimate of drug-likeness (QED) is 0.678. The van der Waals surface area contributed by atoms with Crippen LogP contribution in [0.5, 0.6) is 0 Å². The molecule has 0 fully saturated rings. The van der Waals surface area contributed by atoms with Gasteiger partial charge >= 0.3 is 0 Å². The highest BCUT2D eigenvalue weighted by Crippen LogP contribution is 2.57. The van der Waals surface area contributed by atoms with Gasteiger partial charge in [-0.2, -0.15) is 0 Å². The largest absolute Gasteiger partial charge is 0.296 e. The van der Waals surface area contributed by atoms with Crippen LogP contribution in [0.4, 0.5) is 0 Å². The van der Waals surface area contributed by atoms with Crippen molar-refractivity contribution in [3.05, 3.63) is 0 Å². The minimum atomic E-state index is -0.0556. The third-order valence-corrected chi connectivity index (χ3v) is 66.1. The summed E-state index contributed by atoms with van der Waals surface area (Å²) in [6.07, 6.45) is 0. The molecule has 0 nitrogen and oxygen atoms in total. The van der Waals surface area contributed by atoms with Gasteiger partial charge in [0.25, 0.3) is 0 Å². The summed E-state index contributed by atoms with van der Waals surface area (Å²) in [5.74, 6) is 0. The molecule has 0 atom stereocenters. The van der Waals surface area contributed by atoms with E-state index in [0.29, 0.717) is 0 Å². The second kappa shape index (κ2) is 5.34. The van der Waals surface area contributed by atoms with E-state index in [1.807, 2.05) is 0 Å². The van der Waals surface area contributed by atoms with Crippen molar-refractivity contribution in [2.24, 2.45) is 0 Å². The maximum Gasteiger partial charge on any atom is 0.0797 e. The lowest BCUT2D eigenvalue weighted by atomic mass is 11.9. The van der Waals surface area contributed by atoms with Crippen LogP contribution in [0.15, 0.2) is 0 Å². The van der Waals surface area contributed by atoms with Crippen LogP contribution >= 0.6 is 7.83 Å². The Kier molecular flexibility index (Phi) is 5.84. The van der Waals surface area contributed by atoms with Crippen LogP contribution in [-0.4, -0.2) is 31.8 Å². The van der Waals surface area contributed by atoms with Crippen LogP contribution in [-0.2, 0) is 0 Å². The number of rotatable bonds is 4. The maximum atomic E-state index is 2.59. The molecule has 0 saturated heterocycles. The van der Waals surface area contributed by atoms with Crippen molar-refractivity contribution in [2.45, 2.75) is 52.4 Å². The molecule has 0 N–H and O–H groups in total. The van der Waals surface area contributed by atoms with Gasteiger partial charge in [0.2, 0.25) is 0 Å². The second-order valence-corrected chi connectivity index (χ2v) is 37.2. The highest BCUT2D eigenvalue weighted by molar-refractivity contribution is 8.97. The predicted molar refractivity (Wildman–Crippen MR) is 77.5 cm³/mol. The van der Waals surface area contributed by atoms with E-state index in [1.165, 1.54) is 0 Å². The molecule has 0 aliphatic rings. The number of hydrogen-bond acceptors (Lipinski definition) is 0. The zero-order valence-corrected chi connectivity index (χ0v) is 15.2. The molecule has 5 heteroatoms. The average molecular weight is 265 g/mol. The van der Waals surface area contributed by atoms with Gasteiger partial charge in [-0.15, -0.1) is 0 Å².